The molecular weight excluding hydrogens is 227 g/mol. The summed E-state index contributed by atoms with van der Waals surface area (Å²) in [5.74, 6) is 0. The molecule has 0 aliphatic rings. The van der Waals surface area contributed by atoms with Gasteiger partial charge in [0.05, 0.1) is 0 Å². The molecule has 0 saturated carbocycles. The average Bonchev–Trinajstić information content (AvgIpc) is 2.05. The molecule has 2 rings (SSSR count). The van der Waals surface area contributed by atoms with Gasteiger partial charge in [0.25, 0.3) is 0 Å². The Kier molecular flexibility index (Phi) is 2.82. The van der Waals surface area contributed by atoms with Gasteiger partial charge < -0.3 is 0 Å². The maximum Gasteiger partial charge on any atom is 0 e. The molecule has 0 heterocycles. The predicted octanol–water partition coefficient (Wildman–Crippen LogP) is 2.64. The molecule has 0 saturated heterocycles. The third-order valence-electron chi connectivity index (χ3n) is 1.57. The Morgan fingerprint density at radius 2 is 1.64 bits per heavy atom. The third-order valence-corrected chi connectivity index (χ3v) is 1.57. The first-order chi connectivity index (χ1) is 4.97. The Balaban J connectivity index is 0.000000605. The minimum atomic E-state index is 0. The van der Waals surface area contributed by atoms with E-state index in [-0.39, 0.29) is 20.4 Å². The van der Waals surface area contributed by atoms with E-state index >= 15 is 0 Å². The molecule has 58 valence electrons. The summed E-state index contributed by atoms with van der Waals surface area (Å²) in [5.41, 5.74) is 0. The van der Waals surface area contributed by atoms with Crippen molar-refractivity contribution < 1.29 is 20.4 Å². The number of hydrogen-bond donors (Lipinski definition) is 0. The Bertz CT molecular complexity index is 276. The monoisotopic (exact) mass is 233 g/mol. The molecule has 0 unspecified atom stereocenters. The fourth-order valence-electron chi connectivity index (χ4n) is 1.06. The molecule has 0 amide bonds. The molecule has 11 heavy (non-hydrogen) atoms. The molecule has 0 fully saturated rings. The minimum Gasteiger partial charge on any atom is -0.147 e. The fourth-order valence-corrected chi connectivity index (χ4v) is 1.06. The molecule has 1 heteroatoms. The van der Waals surface area contributed by atoms with Gasteiger partial charge in [0.1, 0.15) is 0 Å². The van der Waals surface area contributed by atoms with Crippen LogP contribution in [-0.4, -0.2) is 0 Å². The van der Waals surface area contributed by atoms with Crippen molar-refractivity contribution in [3.8, 4) is 0 Å². The average molecular weight is 234 g/mol. The smallest absolute Gasteiger partial charge is 0 e. The zero-order valence-corrected chi connectivity index (χ0v) is 7.41. The van der Waals surface area contributed by atoms with Crippen LogP contribution in [-0.2, 0) is 20.4 Å². The molecular formula is C10H7Pd-. The van der Waals surface area contributed by atoms with Crippen LogP contribution in [0.15, 0.2) is 42.5 Å². The van der Waals surface area contributed by atoms with E-state index in [2.05, 4.69) is 24.3 Å². The standard InChI is InChI=1S/C10H7.Pd/c1-2-6-10-8-4-3-7-9(10)5-1;/h1-7H;/q-1;. The summed E-state index contributed by atoms with van der Waals surface area (Å²) in [6, 6.07) is 17.4. The zero-order chi connectivity index (χ0) is 6.81. The predicted molar refractivity (Wildman–Crippen MR) is 42.8 cm³/mol. The van der Waals surface area contributed by atoms with Crippen LogP contribution in [0.1, 0.15) is 0 Å². The van der Waals surface area contributed by atoms with Gasteiger partial charge in [-0.15, -0.1) is 47.2 Å². The largest absolute Gasteiger partial charge is 0.147 e. The van der Waals surface area contributed by atoms with E-state index in [0.29, 0.717) is 0 Å². The van der Waals surface area contributed by atoms with Gasteiger partial charge in [0, 0.05) is 20.4 Å². The molecule has 2 aromatic rings. The minimum absolute atomic E-state index is 0. The van der Waals surface area contributed by atoms with Crippen molar-refractivity contribution in [3.05, 3.63) is 48.5 Å². The Hall–Kier alpha value is -0.638. The fraction of sp³-hybridized carbons (Fsp3) is 0. The summed E-state index contributed by atoms with van der Waals surface area (Å²) in [7, 11) is 0. The zero-order valence-electron chi connectivity index (χ0n) is 5.86. The van der Waals surface area contributed by atoms with E-state index in [4.69, 9.17) is 0 Å². The van der Waals surface area contributed by atoms with Crippen molar-refractivity contribution >= 4 is 10.8 Å². The second-order valence-electron chi connectivity index (χ2n) is 2.26. The van der Waals surface area contributed by atoms with E-state index in [9.17, 15) is 0 Å². The van der Waals surface area contributed by atoms with Crippen LogP contribution in [0.4, 0.5) is 0 Å². The summed E-state index contributed by atoms with van der Waals surface area (Å²) in [5, 5.41) is 2.44. The van der Waals surface area contributed by atoms with Crippen LogP contribution >= 0.6 is 0 Å². The maximum absolute atomic E-state index is 3.15. The normalized spacial score (nSPS) is 9.09. The Labute approximate surface area is 79.9 Å². The van der Waals surface area contributed by atoms with E-state index in [0.717, 1.165) is 0 Å². The van der Waals surface area contributed by atoms with Gasteiger partial charge in [0.15, 0.2) is 0 Å². The second kappa shape index (κ2) is 3.67. The van der Waals surface area contributed by atoms with Crippen molar-refractivity contribution in [2.24, 2.45) is 0 Å². The first-order valence-electron chi connectivity index (χ1n) is 3.32. The number of benzene rings is 2. The number of hydrogen-bond acceptors (Lipinski definition) is 0. The van der Waals surface area contributed by atoms with Crippen LogP contribution in [0.25, 0.3) is 10.8 Å². The topological polar surface area (TPSA) is 0 Å². The summed E-state index contributed by atoms with van der Waals surface area (Å²) < 4.78 is 0. The van der Waals surface area contributed by atoms with Crippen LogP contribution in [0, 0.1) is 6.07 Å². The van der Waals surface area contributed by atoms with Crippen LogP contribution < -0.4 is 0 Å². The maximum atomic E-state index is 3.15. The molecule has 2 aromatic carbocycles. The first kappa shape index (κ1) is 8.46. The molecule has 0 nitrogen and oxygen atoms in total. The third kappa shape index (κ3) is 1.68. The molecule has 0 bridgehead atoms. The first-order valence-corrected chi connectivity index (χ1v) is 3.32. The van der Waals surface area contributed by atoms with Crippen molar-refractivity contribution in [2.45, 2.75) is 0 Å². The van der Waals surface area contributed by atoms with Gasteiger partial charge in [-0.25, -0.2) is 0 Å². The van der Waals surface area contributed by atoms with Crippen molar-refractivity contribution in [1.29, 1.82) is 0 Å². The SMILES string of the molecule is [Pd].[c-]1cccc2ccccc12. The summed E-state index contributed by atoms with van der Waals surface area (Å²) in [6.07, 6.45) is 0. The number of rotatable bonds is 0. The van der Waals surface area contributed by atoms with Gasteiger partial charge in [0.2, 0.25) is 0 Å². The quantitative estimate of drug-likeness (QED) is 0.485. The van der Waals surface area contributed by atoms with Gasteiger partial charge in [-0.1, -0.05) is 12.1 Å². The van der Waals surface area contributed by atoms with E-state index < -0.39 is 0 Å². The van der Waals surface area contributed by atoms with Crippen molar-refractivity contribution in [1.82, 2.24) is 0 Å². The van der Waals surface area contributed by atoms with Crippen molar-refractivity contribution in [2.75, 3.05) is 0 Å². The molecule has 0 N–H and O–H groups in total. The van der Waals surface area contributed by atoms with E-state index in [1.807, 2.05) is 24.3 Å². The summed E-state index contributed by atoms with van der Waals surface area (Å²) in [6.45, 7) is 0. The molecule has 0 aliphatic carbocycles. The molecule has 0 aliphatic heterocycles. The Morgan fingerprint density at radius 3 is 2.45 bits per heavy atom. The molecule has 0 radical (unpaired) electrons. The van der Waals surface area contributed by atoms with Gasteiger partial charge in [-0.05, 0) is 0 Å². The second-order valence-corrected chi connectivity index (χ2v) is 2.26. The van der Waals surface area contributed by atoms with Crippen molar-refractivity contribution in [3.63, 3.8) is 0 Å². The van der Waals surface area contributed by atoms with Crippen LogP contribution in [0.3, 0.4) is 0 Å². The van der Waals surface area contributed by atoms with Gasteiger partial charge >= 0.3 is 0 Å². The van der Waals surface area contributed by atoms with Crippen LogP contribution in [0.2, 0.25) is 0 Å². The molecule has 0 aromatic heterocycles. The van der Waals surface area contributed by atoms with E-state index in [1.165, 1.54) is 10.8 Å². The molecule has 0 spiro atoms. The number of fused-ring (bicyclic) bond motifs is 1. The van der Waals surface area contributed by atoms with Gasteiger partial charge in [-0.2, -0.15) is 0 Å². The van der Waals surface area contributed by atoms with E-state index in [1.54, 1.807) is 0 Å². The van der Waals surface area contributed by atoms with Crippen LogP contribution in [0.5, 0.6) is 0 Å². The van der Waals surface area contributed by atoms with Gasteiger partial charge in [-0.3, -0.25) is 0 Å². The summed E-state index contributed by atoms with van der Waals surface area (Å²) in [4.78, 5) is 0. The Morgan fingerprint density at radius 1 is 0.909 bits per heavy atom. The molecule has 0 atom stereocenters. The summed E-state index contributed by atoms with van der Waals surface area (Å²) >= 11 is 0.